The Morgan fingerprint density at radius 3 is 1.38 bits per heavy atom. The third kappa shape index (κ3) is 11.1. The van der Waals surface area contributed by atoms with Gasteiger partial charge in [-0.25, -0.2) is 0 Å². The molecule has 274 valence electrons. The molecule has 0 saturated heterocycles. The van der Waals surface area contributed by atoms with Crippen molar-refractivity contribution in [3.63, 3.8) is 0 Å². The first-order valence-corrected chi connectivity index (χ1v) is 18.9. The van der Waals surface area contributed by atoms with Crippen LogP contribution in [0.5, 0.6) is 0 Å². The fraction of sp³-hybridized carbons (Fsp3) is 0.333. The number of nitrogens with zero attached hydrogens (tertiary/aromatic N) is 2. The molecule has 4 aromatic rings. The molecule has 0 unspecified atom stereocenters. The standard InChI is InChI=1S/C36H42N8O6S2/c1-21(45)43-27(33(37)47)11-3-5-17-41-35(49)25-15-19-39-31-23(25)9-7-13-29(31)51-52-30-14-8-10-24-26(16-20-40-32(24)30)36(50)42-18-6-4-12-28(34(38)48)44-22(2)46/h7-10,13-16,19-20,27-28H,3-6,11-12,17-18H2,1-2H3,(H2,37,47)(H2,38,48)(H,41,49)(H,42,50)(H,43,45)(H,44,46)/t27-,28+. The summed E-state index contributed by atoms with van der Waals surface area (Å²) in [6.07, 6.45) is 6.32. The number of hydrogen-bond donors (Lipinski definition) is 6. The fourth-order valence-electron chi connectivity index (χ4n) is 5.52. The van der Waals surface area contributed by atoms with Gasteiger partial charge in [0.15, 0.2) is 0 Å². The van der Waals surface area contributed by atoms with Gasteiger partial charge in [0.1, 0.15) is 12.1 Å². The van der Waals surface area contributed by atoms with E-state index in [1.54, 1.807) is 24.5 Å². The predicted octanol–water partition coefficient (Wildman–Crippen LogP) is 3.36. The Balaban J connectivity index is 1.37. The van der Waals surface area contributed by atoms with E-state index in [2.05, 4.69) is 31.2 Å². The SMILES string of the molecule is CC(=O)N[C@@H](CCCCNC(=O)c1ccnc2c(SSc3cccc4c(C(=O)NCCCC[C@@H](NC(C)=O)C(N)=O)ccnc34)cccc12)C(N)=O. The number of benzene rings is 2. The maximum absolute atomic E-state index is 13.2. The van der Waals surface area contributed by atoms with Crippen LogP contribution in [-0.2, 0) is 19.2 Å². The van der Waals surface area contributed by atoms with Crippen molar-refractivity contribution in [2.45, 2.75) is 74.2 Å². The highest BCUT2D eigenvalue weighted by atomic mass is 33.1. The van der Waals surface area contributed by atoms with Crippen LogP contribution in [0.4, 0.5) is 0 Å². The van der Waals surface area contributed by atoms with E-state index < -0.39 is 23.9 Å². The van der Waals surface area contributed by atoms with E-state index in [0.717, 1.165) is 9.79 Å². The van der Waals surface area contributed by atoms with Crippen molar-refractivity contribution < 1.29 is 28.8 Å². The summed E-state index contributed by atoms with van der Waals surface area (Å²) in [6, 6.07) is 13.1. The molecule has 0 saturated carbocycles. The van der Waals surface area contributed by atoms with Crippen molar-refractivity contribution in [1.82, 2.24) is 31.2 Å². The minimum Gasteiger partial charge on any atom is -0.368 e. The molecule has 0 radical (unpaired) electrons. The number of hydrogen-bond acceptors (Lipinski definition) is 10. The topological polar surface area (TPSA) is 228 Å². The first kappa shape index (κ1) is 39.6. The molecule has 2 heterocycles. The molecule has 0 aliphatic rings. The van der Waals surface area contributed by atoms with Gasteiger partial charge in [-0.1, -0.05) is 45.9 Å². The summed E-state index contributed by atoms with van der Waals surface area (Å²) in [5, 5.41) is 12.3. The third-order valence-corrected chi connectivity index (χ3v) is 10.5. The molecule has 0 aliphatic heterocycles. The molecule has 8 N–H and O–H groups in total. The Labute approximate surface area is 308 Å². The molecule has 0 fully saturated rings. The summed E-state index contributed by atoms with van der Waals surface area (Å²) in [4.78, 5) is 82.9. The highest BCUT2D eigenvalue weighted by Crippen LogP contribution is 2.42. The highest BCUT2D eigenvalue weighted by molar-refractivity contribution is 8.76. The van der Waals surface area contributed by atoms with Gasteiger partial charge in [0.05, 0.1) is 22.2 Å². The van der Waals surface area contributed by atoms with Crippen LogP contribution in [-0.4, -0.2) is 70.6 Å². The van der Waals surface area contributed by atoms with Gasteiger partial charge in [0.2, 0.25) is 23.6 Å². The number of primary amides is 2. The van der Waals surface area contributed by atoms with Gasteiger partial charge in [-0.15, -0.1) is 0 Å². The quantitative estimate of drug-likeness (QED) is 0.0606. The number of nitrogens with one attached hydrogen (secondary N) is 4. The molecule has 52 heavy (non-hydrogen) atoms. The molecule has 16 heteroatoms. The average molecular weight is 747 g/mol. The number of para-hydroxylation sites is 2. The lowest BCUT2D eigenvalue weighted by molar-refractivity contribution is -0.126. The summed E-state index contributed by atoms with van der Waals surface area (Å²) in [5.41, 5.74) is 13.0. The Kier molecular flexibility index (Phi) is 14.8. The highest BCUT2D eigenvalue weighted by Gasteiger charge is 2.19. The lowest BCUT2D eigenvalue weighted by atomic mass is 10.1. The number of unbranched alkanes of at least 4 members (excludes halogenated alkanes) is 2. The van der Waals surface area contributed by atoms with Crippen LogP contribution in [0.15, 0.2) is 70.7 Å². The van der Waals surface area contributed by atoms with Crippen molar-refractivity contribution in [3.05, 3.63) is 72.1 Å². The van der Waals surface area contributed by atoms with Crippen LogP contribution in [0.3, 0.4) is 0 Å². The monoisotopic (exact) mass is 746 g/mol. The molecule has 4 rings (SSSR count). The van der Waals surface area contributed by atoms with E-state index >= 15 is 0 Å². The number of fused-ring (bicyclic) bond motifs is 2. The van der Waals surface area contributed by atoms with Crippen LogP contribution in [0.2, 0.25) is 0 Å². The van der Waals surface area contributed by atoms with Gasteiger partial charge in [-0.05, 0) is 62.8 Å². The molecule has 2 aromatic heterocycles. The summed E-state index contributed by atoms with van der Waals surface area (Å²) >= 11 is 0. The summed E-state index contributed by atoms with van der Waals surface area (Å²) in [7, 11) is 2.94. The number of pyridine rings is 2. The molecular formula is C36H42N8O6S2. The van der Waals surface area contributed by atoms with Crippen LogP contribution in [0.1, 0.15) is 73.1 Å². The van der Waals surface area contributed by atoms with Gasteiger partial charge in [-0.2, -0.15) is 0 Å². The second kappa shape index (κ2) is 19.4. The molecule has 6 amide bonds. The summed E-state index contributed by atoms with van der Waals surface area (Å²) < 4.78 is 0. The molecular weight excluding hydrogens is 705 g/mol. The first-order chi connectivity index (χ1) is 25.0. The Morgan fingerprint density at radius 2 is 1.02 bits per heavy atom. The zero-order chi connectivity index (χ0) is 37.6. The lowest BCUT2D eigenvalue weighted by Gasteiger charge is -2.14. The number of rotatable bonds is 19. The van der Waals surface area contributed by atoms with Crippen LogP contribution in [0.25, 0.3) is 21.8 Å². The van der Waals surface area contributed by atoms with Crippen LogP contribution < -0.4 is 32.7 Å². The fourth-order valence-corrected chi connectivity index (χ4v) is 7.80. The minimum atomic E-state index is -0.743. The number of carbonyl (C=O) groups excluding carboxylic acids is 6. The van der Waals surface area contributed by atoms with E-state index in [-0.39, 0.29) is 23.6 Å². The second-order valence-corrected chi connectivity index (χ2v) is 14.2. The van der Waals surface area contributed by atoms with Gasteiger partial charge in [0, 0.05) is 59.9 Å². The number of amides is 6. The lowest BCUT2D eigenvalue weighted by Crippen LogP contribution is -2.43. The van der Waals surface area contributed by atoms with Crippen LogP contribution in [0, 0.1) is 0 Å². The van der Waals surface area contributed by atoms with E-state index in [9.17, 15) is 28.8 Å². The van der Waals surface area contributed by atoms with Gasteiger partial charge < -0.3 is 32.7 Å². The summed E-state index contributed by atoms with van der Waals surface area (Å²) in [5.74, 6) is -2.35. The van der Waals surface area contributed by atoms with Gasteiger partial charge >= 0.3 is 0 Å². The van der Waals surface area contributed by atoms with Crippen molar-refractivity contribution in [2.75, 3.05) is 13.1 Å². The van der Waals surface area contributed by atoms with E-state index in [0.29, 0.717) is 84.5 Å². The third-order valence-electron chi connectivity index (χ3n) is 8.03. The first-order valence-electron chi connectivity index (χ1n) is 16.8. The molecule has 0 aliphatic carbocycles. The molecule has 0 bridgehead atoms. The van der Waals surface area contributed by atoms with Crippen molar-refractivity contribution in [1.29, 1.82) is 0 Å². The minimum absolute atomic E-state index is 0.251. The number of carbonyl (C=O) groups is 6. The zero-order valence-electron chi connectivity index (χ0n) is 28.9. The van der Waals surface area contributed by atoms with Crippen molar-refractivity contribution in [2.24, 2.45) is 11.5 Å². The Morgan fingerprint density at radius 1 is 0.615 bits per heavy atom. The molecule has 2 atom stereocenters. The average Bonchev–Trinajstić information content (AvgIpc) is 3.11. The zero-order valence-corrected chi connectivity index (χ0v) is 30.5. The van der Waals surface area contributed by atoms with Crippen LogP contribution >= 0.6 is 21.6 Å². The van der Waals surface area contributed by atoms with E-state index in [4.69, 9.17) is 11.5 Å². The molecule has 0 spiro atoms. The van der Waals surface area contributed by atoms with Gasteiger partial charge in [-0.3, -0.25) is 38.7 Å². The second-order valence-electron chi connectivity index (χ2n) is 12.0. The van der Waals surface area contributed by atoms with Gasteiger partial charge in [0.25, 0.3) is 11.8 Å². The van der Waals surface area contributed by atoms with E-state index in [1.165, 1.54) is 35.4 Å². The summed E-state index contributed by atoms with van der Waals surface area (Å²) in [6.45, 7) is 3.41. The number of aromatic nitrogens is 2. The molecule has 2 aromatic carbocycles. The van der Waals surface area contributed by atoms with Crippen molar-refractivity contribution in [3.8, 4) is 0 Å². The normalized spacial score (nSPS) is 12.1. The Hall–Kier alpha value is -5.22. The molecule has 14 nitrogen and oxygen atoms in total. The maximum Gasteiger partial charge on any atom is 0.252 e. The predicted molar refractivity (Wildman–Crippen MR) is 201 cm³/mol. The smallest absolute Gasteiger partial charge is 0.252 e. The number of nitrogens with two attached hydrogens (primary N) is 2. The maximum atomic E-state index is 13.2. The van der Waals surface area contributed by atoms with Crippen molar-refractivity contribution >= 4 is 78.8 Å². The largest absolute Gasteiger partial charge is 0.368 e. The van der Waals surface area contributed by atoms with E-state index in [1.807, 2.05) is 36.4 Å². The Bertz CT molecular complexity index is 1820.